The molecule has 1 aromatic heterocycles. The van der Waals surface area contributed by atoms with Crippen LogP contribution in [-0.4, -0.2) is 39.6 Å². The zero-order chi connectivity index (χ0) is 14.9. The molecule has 1 fully saturated rings. The van der Waals surface area contributed by atoms with Gasteiger partial charge in [0, 0.05) is 25.2 Å². The number of amides is 1. The number of hydrogen-bond acceptors (Lipinski definition) is 2. The van der Waals surface area contributed by atoms with Crippen LogP contribution in [0.4, 0.5) is 0 Å². The number of rotatable bonds is 4. The van der Waals surface area contributed by atoms with Crippen LogP contribution in [0, 0.1) is 0 Å². The van der Waals surface area contributed by atoms with E-state index in [0.717, 1.165) is 43.1 Å². The Morgan fingerprint density at radius 3 is 3.10 bits per heavy atom. The Bertz CT molecular complexity index is 655. The van der Waals surface area contributed by atoms with Gasteiger partial charge in [0.25, 0.3) is 5.91 Å². The van der Waals surface area contributed by atoms with Crippen LogP contribution in [0.2, 0.25) is 0 Å². The van der Waals surface area contributed by atoms with Crippen molar-refractivity contribution in [3.05, 3.63) is 36.0 Å². The van der Waals surface area contributed by atoms with Crippen molar-refractivity contribution in [3.63, 3.8) is 0 Å². The average molecular weight is 288 g/mol. The molecule has 0 aliphatic carbocycles. The Labute approximate surface area is 126 Å². The second kappa shape index (κ2) is 5.53. The van der Waals surface area contributed by atoms with E-state index in [1.807, 2.05) is 35.4 Å². The SMILES string of the molecule is CCCC1(CO)CCCN1C(=O)c1ccc2cc[nH]c2c1.[HH]. The zero-order valence-electron chi connectivity index (χ0n) is 12.4. The molecular weight excluding hydrogens is 264 g/mol. The van der Waals surface area contributed by atoms with Crippen molar-refractivity contribution in [2.45, 2.75) is 38.1 Å². The minimum absolute atomic E-state index is 0. The summed E-state index contributed by atoms with van der Waals surface area (Å²) in [7, 11) is 0. The molecule has 4 heteroatoms. The van der Waals surface area contributed by atoms with E-state index >= 15 is 0 Å². The van der Waals surface area contributed by atoms with Crippen molar-refractivity contribution in [3.8, 4) is 0 Å². The molecule has 2 N–H and O–H groups in total. The third-order valence-electron chi connectivity index (χ3n) is 4.65. The number of nitrogens with one attached hydrogen (secondary N) is 1. The van der Waals surface area contributed by atoms with E-state index in [0.29, 0.717) is 5.56 Å². The first-order valence-corrected chi connectivity index (χ1v) is 7.70. The van der Waals surface area contributed by atoms with Gasteiger partial charge in [-0.2, -0.15) is 0 Å². The first kappa shape index (κ1) is 14.1. The number of benzene rings is 1. The Balaban J connectivity index is 0.00000176. The fourth-order valence-electron chi connectivity index (χ4n) is 3.56. The number of carbonyl (C=O) groups is 1. The second-order valence-electron chi connectivity index (χ2n) is 5.97. The molecule has 114 valence electrons. The molecule has 3 rings (SSSR count). The number of likely N-dealkylation sites (tertiary alicyclic amines) is 1. The molecule has 2 heterocycles. The van der Waals surface area contributed by atoms with Gasteiger partial charge in [0.05, 0.1) is 12.1 Å². The van der Waals surface area contributed by atoms with Crippen molar-refractivity contribution in [1.29, 1.82) is 0 Å². The summed E-state index contributed by atoms with van der Waals surface area (Å²) in [4.78, 5) is 17.9. The number of H-pyrrole nitrogens is 1. The third kappa shape index (κ3) is 2.33. The van der Waals surface area contributed by atoms with Crippen molar-refractivity contribution >= 4 is 16.8 Å². The fraction of sp³-hybridized carbons (Fsp3) is 0.471. The lowest BCUT2D eigenvalue weighted by atomic mass is 9.91. The lowest BCUT2D eigenvalue weighted by molar-refractivity contribution is 0.0377. The molecule has 1 unspecified atom stereocenters. The van der Waals surface area contributed by atoms with E-state index in [2.05, 4.69) is 11.9 Å². The van der Waals surface area contributed by atoms with Crippen molar-refractivity contribution in [2.24, 2.45) is 0 Å². The highest BCUT2D eigenvalue weighted by atomic mass is 16.3. The molecule has 0 radical (unpaired) electrons. The first-order valence-electron chi connectivity index (χ1n) is 7.70. The van der Waals surface area contributed by atoms with E-state index in [9.17, 15) is 9.90 Å². The van der Waals surface area contributed by atoms with Gasteiger partial charge in [-0.3, -0.25) is 4.79 Å². The maximum atomic E-state index is 12.9. The summed E-state index contributed by atoms with van der Waals surface area (Å²) in [6, 6.07) is 7.75. The summed E-state index contributed by atoms with van der Waals surface area (Å²) < 4.78 is 0. The van der Waals surface area contributed by atoms with Crippen LogP contribution < -0.4 is 0 Å². The molecule has 1 aromatic carbocycles. The second-order valence-corrected chi connectivity index (χ2v) is 5.97. The largest absolute Gasteiger partial charge is 0.394 e. The number of aromatic nitrogens is 1. The number of aromatic amines is 1. The molecule has 0 spiro atoms. The minimum atomic E-state index is -0.365. The lowest BCUT2D eigenvalue weighted by Crippen LogP contribution is -2.50. The van der Waals surface area contributed by atoms with Crippen LogP contribution in [0.25, 0.3) is 10.9 Å². The summed E-state index contributed by atoms with van der Waals surface area (Å²) in [5, 5.41) is 11.0. The molecule has 2 aromatic rings. The minimum Gasteiger partial charge on any atom is -0.394 e. The van der Waals surface area contributed by atoms with Gasteiger partial charge in [-0.1, -0.05) is 19.4 Å². The van der Waals surface area contributed by atoms with Gasteiger partial charge in [-0.15, -0.1) is 0 Å². The normalized spacial score (nSPS) is 22.1. The first-order chi connectivity index (χ1) is 10.2. The molecule has 1 atom stereocenters. The molecule has 1 amide bonds. The average Bonchev–Trinajstić information content (AvgIpc) is 3.12. The smallest absolute Gasteiger partial charge is 0.254 e. The van der Waals surface area contributed by atoms with E-state index < -0.39 is 0 Å². The van der Waals surface area contributed by atoms with Crippen LogP contribution in [-0.2, 0) is 0 Å². The maximum Gasteiger partial charge on any atom is 0.254 e. The van der Waals surface area contributed by atoms with Crippen LogP contribution in [0.3, 0.4) is 0 Å². The van der Waals surface area contributed by atoms with Gasteiger partial charge < -0.3 is 15.0 Å². The Morgan fingerprint density at radius 2 is 2.33 bits per heavy atom. The van der Waals surface area contributed by atoms with Crippen molar-refractivity contribution < 1.29 is 11.3 Å². The Hall–Kier alpha value is -1.81. The summed E-state index contributed by atoms with van der Waals surface area (Å²) >= 11 is 0. The molecule has 1 aliphatic rings. The standard InChI is InChI=1S/C17H22N2O2.H2/c1-2-7-17(12-20)8-3-10-19(17)16(21)14-5-4-13-6-9-18-15(13)11-14;/h4-6,9,11,18,20H,2-3,7-8,10,12H2,1H3;1H. The van der Waals surface area contributed by atoms with Crippen molar-refractivity contribution in [1.82, 2.24) is 9.88 Å². The lowest BCUT2D eigenvalue weighted by Gasteiger charge is -2.37. The van der Waals surface area contributed by atoms with E-state index in [1.54, 1.807) is 0 Å². The highest BCUT2D eigenvalue weighted by molar-refractivity contribution is 5.98. The zero-order valence-corrected chi connectivity index (χ0v) is 12.4. The monoisotopic (exact) mass is 288 g/mol. The highest BCUT2D eigenvalue weighted by Gasteiger charge is 2.42. The van der Waals surface area contributed by atoms with E-state index in [-0.39, 0.29) is 19.5 Å². The van der Waals surface area contributed by atoms with Crippen molar-refractivity contribution in [2.75, 3.05) is 13.2 Å². The maximum absolute atomic E-state index is 12.9. The van der Waals surface area contributed by atoms with Gasteiger partial charge in [0.15, 0.2) is 0 Å². The summed E-state index contributed by atoms with van der Waals surface area (Å²) in [6.07, 6.45) is 5.58. The molecular formula is C17H24N2O2. The summed E-state index contributed by atoms with van der Waals surface area (Å²) in [5.74, 6) is 0.0338. The van der Waals surface area contributed by atoms with Crippen LogP contribution >= 0.6 is 0 Å². The van der Waals surface area contributed by atoms with Gasteiger partial charge in [0.1, 0.15) is 0 Å². The molecule has 21 heavy (non-hydrogen) atoms. The topological polar surface area (TPSA) is 56.3 Å². The number of hydrogen-bond donors (Lipinski definition) is 2. The fourth-order valence-corrected chi connectivity index (χ4v) is 3.56. The number of aliphatic hydroxyl groups is 1. The molecule has 0 saturated carbocycles. The number of fused-ring (bicyclic) bond motifs is 1. The summed E-state index contributed by atoms with van der Waals surface area (Å²) in [6.45, 7) is 2.89. The highest BCUT2D eigenvalue weighted by Crippen LogP contribution is 2.34. The van der Waals surface area contributed by atoms with Gasteiger partial charge >= 0.3 is 0 Å². The predicted molar refractivity (Wildman–Crippen MR) is 85.4 cm³/mol. The van der Waals surface area contributed by atoms with Crippen LogP contribution in [0.15, 0.2) is 30.5 Å². The molecule has 1 aliphatic heterocycles. The number of nitrogens with zero attached hydrogens (tertiary/aromatic N) is 1. The van der Waals surface area contributed by atoms with E-state index in [4.69, 9.17) is 0 Å². The van der Waals surface area contributed by atoms with Crippen LogP contribution in [0.1, 0.15) is 44.4 Å². The Kier molecular flexibility index (Phi) is 3.72. The van der Waals surface area contributed by atoms with E-state index in [1.165, 1.54) is 0 Å². The Morgan fingerprint density at radius 1 is 1.48 bits per heavy atom. The molecule has 0 bridgehead atoms. The molecule has 1 saturated heterocycles. The van der Waals surface area contributed by atoms with Gasteiger partial charge in [-0.25, -0.2) is 0 Å². The third-order valence-corrected chi connectivity index (χ3v) is 4.65. The molecule has 4 nitrogen and oxygen atoms in total. The summed E-state index contributed by atoms with van der Waals surface area (Å²) in [5.41, 5.74) is 1.31. The number of aliphatic hydroxyl groups excluding tert-OH is 1. The number of carbonyl (C=O) groups excluding carboxylic acids is 1. The van der Waals surface area contributed by atoms with Gasteiger partial charge in [-0.05, 0) is 42.8 Å². The van der Waals surface area contributed by atoms with Gasteiger partial charge in [0.2, 0.25) is 0 Å². The predicted octanol–water partition coefficient (Wildman–Crippen LogP) is 3.18. The quantitative estimate of drug-likeness (QED) is 0.908. The van der Waals surface area contributed by atoms with Crippen LogP contribution in [0.5, 0.6) is 0 Å².